The normalized spacial score (nSPS) is 16.1. The maximum atomic E-state index is 10.8. The molecule has 0 saturated carbocycles. The summed E-state index contributed by atoms with van der Waals surface area (Å²) in [7, 11) is 0. The largest absolute Gasteiger partial charge is 0.379 e. The Kier molecular flexibility index (Phi) is 2.47. The summed E-state index contributed by atoms with van der Waals surface area (Å²) in [5.41, 5.74) is 6.57. The topological polar surface area (TPSA) is 46.2 Å². The van der Waals surface area contributed by atoms with Crippen LogP contribution in [0.15, 0.2) is 58.3 Å². The molecule has 0 fully saturated rings. The third kappa shape index (κ3) is 1.51. The van der Waals surface area contributed by atoms with Crippen LogP contribution in [0.4, 0.5) is 0 Å². The lowest BCUT2D eigenvalue weighted by Crippen LogP contribution is -2.38. The van der Waals surface area contributed by atoms with Crippen molar-refractivity contribution >= 4 is 11.8 Å². The predicted molar refractivity (Wildman–Crippen MR) is 69.1 cm³/mol. The Hall–Kier alpha value is -1.29. The van der Waals surface area contributed by atoms with Gasteiger partial charge in [0, 0.05) is 27.5 Å². The highest BCUT2D eigenvalue weighted by molar-refractivity contribution is 7.99. The van der Waals surface area contributed by atoms with Gasteiger partial charge in [-0.3, -0.25) is 0 Å². The van der Waals surface area contributed by atoms with Crippen molar-refractivity contribution in [2.45, 2.75) is 15.4 Å². The third-order valence-electron chi connectivity index (χ3n) is 3.18. The molecule has 1 heterocycles. The minimum Gasteiger partial charge on any atom is -0.379 e. The molecule has 2 nitrogen and oxygen atoms in total. The van der Waals surface area contributed by atoms with Crippen LogP contribution in [0.3, 0.4) is 0 Å². The van der Waals surface area contributed by atoms with E-state index in [0.717, 1.165) is 20.9 Å². The van der Waals surface area contributed by atoms with Crippen LogP contribution in [-0.4, -0.2) is 11.7 Å². The van der Waals surface area contributed by atoms with Gasteiger partial charge in [0.25, 0.3) is 0 Å². The highest BCUT2D eigenvalue weighted by Gasteiger charge is 2.37. The first-order valence-electron chi connectivity index (χ1n) is 5.55. The van der Waals surface area contributed by atoms with Crippen LogP contribution in [-0.2, 0) is 5.60 Å². The van der Waals surface area contributed by atoms with Crippen molar-refractivity contribution in [1.29, 1.82) is 0 Å². The monoisotopic (exact) mass is 243 g/mol. The van der Waals surface area contributed by atoms with Gasteiger partial charge in [-0.25, -0.2) is 0 Å². The van der Waals surface area contributed by atoms with Crippen molar-refractivity contribution in [2.75, 3.05) is 6.54 Å². The summed E-state index contributed by atoms with van der Waals surface area (Å²) < 4.78 is 0. The molecule has 0 radical (unpaired) electrons. The standard InChI is InChI=1S/C14H13NOS/c15-9-14(16)10-5-1-3-7-12(10)17-13-8-4-2-6-11(13)14/h1-8,16H,9,15H2. The van der Waals surface area contributed by atoms with Crippen LogP contribution >= 0.6 is 11.8 Å². The molecule has 2 aromatic rings. The Morgan fingerprint density at radius 1 is 0.941 bits per heavy atom. The minimum atomic E-state index is -1.06. The fraction of sp³-hybridized carbons (Fsp3) is 0.143. The van der Waals surface area contributed by atoms with Gasteiger partial charge in [-0.1, -0.05) is 48.2 Å². The number of benzene rings is 2. The third-order valence-corrected chi connectivity index (χ3v) is 4.33. The zero-order valence-electron chi connectivity index (χ0n) is 9.26. The molecule has 1 aliphatic rings. The maximum absolute atomic E-state index is 10.8. The minimum absolute atomic E-state index is 0.196. The van der Waals surface area contributed by atoms with E-state index in [1.54, 1.807) is 11.8 Å². The van der Waals surface area contributed by atoms with Crippen molar-refractivity contribution in [3.63, 3.8) is 0 Å². The van der Waals surface area contributed by atoms with E-state index in [2.05, 4.69) is 0 Å². The number of fused-ring (bicyclic) bond motifs is 2. The van der Waals surface area contributed by atoms with Crippen LogP contribution in [0.25, 0.3) is 0 Å². The zero-order chi connectivity index (χ0) is 11.9. The molecule has 86 valence electrons. The van der Waals surface area contributed by atoms with Gasteiger partial charge in [0.1, 0.15) is 5.60 Å². The Balaban J connectivity index is 2.28. The first kappa shape index (κ1) is 10.8. The van der Waals surface area contributed by atoms with Gasteiger partial charge in [0.05, 0.1) is 0 Å². The van der Waals surface area contributed by atoms with Crippen LogP contribution in [0, 0.1) is 0 Å². The highest BCUT2D eigenvalue weighted by atomic mass is 32.2. The molecule has 0 unspecified atom stereocenters. The van der Waals surface area contributed by atoms with Crippen LogP contribution in [0.2, 0.25) is 0 Å². The quantitative estimate of drug-likeness (QED) is 0.808. The fourth-order valence-corrected chi connectivity index (χ4v) is 3.50. The van der Waals surface area contributed by atoms with E-state index < -0.39 is 5.60 Å². The molecule has 1 aliphatic heterocycles. The van der Waals surface area contributed by atoms with Crippen molar-refractivity contribution in [1.82, 2.24) is 0 Å². The number of rotatable bonds is 1. The molecule has 3 N–H and O–H groups in total. The lowest BCUT2D eigenvalue weighted by Gasteiger charge is -2.35. The molecule has 3 heteroatoms. The summed E-state index contributed by atoms with van der Waals surface area (Å²) >= 11 is 1.68. The van der Waals surface area contributed by atoms with E-state index in [0.29, 0.717) is 0 Å². The van der Waals surface area contributed by atoms with Gasteiger partial charge >= 0.3 is 0 Å². The first-order valence-corrected chi connectivity index (χ1v) is 6.36. The molecule has 17 heavy (non-hydrogen) atoms. The Bertz CT molecular complexity index is 522. The van der Waals surface area contributed by atoms with Crippen molar-refractivity contribution in [3.8, 4) is 0 Å². The second kappa shape index (κ2) is 3.88. The molecule has 2 aromatic carbocycles. The summed E-state index contributed by atoms with van der Waals surface area (Å²) in [5, 5.41) is 10.8. The van der Waals surface area contributed by atoms with Gasteiger partial charge in [-0.05, 0) is 12.1 Å². The Morgan fingerprint density at radius 3 is 1.88 bits per heavy atom. The molecule has 0 aromatic heterocycles. The Labute approximate surface area is 104 Å². The summed E-state index contributed by atoms with van der Waals surface area (Å²) in [6.45, 7) is 0.196. The van der Waals surface area contributed by atoms with Crippen LogP contribution in [0.5, 0.6) is 0 Å². The number of hydrogen-bond donors (Lipinski definition) is 2. The lowest BCUT2D eigenvalue weighted by molar-refractivity contribution is 0.0834. The summed E-state index contributed by atoms with van der Waals surface area (Å²) in [6.07, 6.45) is 0. The van der Waals surface area contributed by atoms with Gasteiger partial charge in [-0.15, -0.1) is 0 Å². The summed E-state index contributed by atoms with van der Waals surface area (Å²) in [6, 6.07) is 15.8. The molecular formula is C14H13NOS. The molecule has 0 amide bonds. The van der Waals surface area contributed by atoms with Crippen molar-refractivity contribution < 1.29 is 5.11 Å². The van der Waals surface area contributed by atoms with Crippen LogP contribution < -0.4 is 5.73 Å². The van der Waals surface area contributed by atoms with Crippen LogP contribution in [0.1, 0.15) is 11.1 Å². The average molecular weight is 243 g/mol. The molecular weight excluding hydrogens is 230 g/mol. The Morgan fingerprint density at radius 2 is 1.41 bits per heavy atom. The second-order valence-corrected chi connectivity index (χ2v) is 5.24. The molecule has 0 saturated heterocycles. The van der Waals surface area contributed by atoms with Crippen molar-refractivity contribution in [3.05, 3.63) is 59.7 Å². The van der Waals surface area contributed by atoms with Gasteiger partial charge < -0.3 is 10.8 Å². The molecule has 3 rings (SSSR count). The predicted octanol–water partition coefficient (Wildman–Crippen LogP) is 2.35. The van der Waals surface area contributed by atoms with E-state index in [1.165, 1.54) is 0 Å². The lowest BCUT2D eigenvalue weighted by atomic mass is 9.86. The number of aliphatic hydroxyl groups is 1. The van der Waals surface area contributed by atoms with Gasteiger partial charge in [0.2, 0.25) is 0 Å². The van der Waals surface area contributed by atoms with E-state index in [-0.39, 0.29) is 6.54 Å². The van der Waals surface area contributed by atoms with E-state index >= 15 is 0 Å². The summed E-state index contributed by atoms with van der Waals surface area (Å²) in [4.78, 5) is 2.17. The molecule has 0 aliphatic carbocycles. The van der Waals surface area contributed by atoms with Gasteiger partial charge in [0.15, 0.2) is 0 Å². The van der Waals surface area contributed by atoms with Crippen molar-refractivity contribution in [2.24, 2.45) is 5.73 Å². The molecule has 0 spiro atoms. The average Bonchev–Trinajstić information content (AvgIpc) is 2.39. The van der Waals surface area contributed by atoms with Gasteiger partial charge in [-0.2, -0.15) is 0 Å². The summed E-state index contributed by atoms with van der Waals surface area (Å²) in [5.74, 6) is 0. The first-order chi connectivity index (χ1) is 8.25. The molecule has 0 bridgehead atoms. The van der Waals surface area contributed by atoms with E-state index in [4.69, 9.17) is 5.73 Å². The zero-order valence-corrected chi connectivity index (χ0v) is 10.1. The number of nitrogens with two attached hydrogens (primary N) is 1. The fourth-order valence-electron chi connectivity index (χ4n) is 2.28. The number of hydrogen-bond acceptors (Lipinski definition) is 3. The SMILES string of the molecule is NCC1(O)c2ccccc2Sc2ccccc21. The molecule has 0 atom stereocenters. The van der Waals surface area contributed by atoms with E-state index in [9.17, 15) is 5.11 Å². The van der Waals surface area contributed by atoms with E-state index in [1.807, 2.05) is 48.5 Å². The second-order valence-electron chi connectivity index (χ2n) is 4.16. The maximum Gasteiger partial charge on any atom is 0.129 e. The smallest absolute Gasteiger partial charge is 0.129 e. The highest BCUT2D eigenvalue weighted by Crippen LogP contribution is 2.47.